The summed E-state index contributed by atoms with van der Waals surface area (Å²) in [5.41, 5.74) is 0. The van der Waals surface area contributed by atoms with Gasteiger partial charge in [0.15, 0.2) is 0 Å². The number of halogens is 3. The van der Waals surface area contributed by atoms with E-state index in [1.807, 2.05) is 4.90 Å². The molecule has 0 aromatic rings. The lowest BCUT2D eigenvalue weighted by Crippen LogP contribution is -2.59. The lowest BCUT2D eigenvalue weighted by Gasteiger charge is -2.46. The van der Waals surface area contributed by atoms with Crippen molar-refractivity contribution in [1.29, 1.82) is 0 Å². The normalized spacial score (nSPS) is 28.1. The maximum Gasteiger partial charge on any atom is 0.401 e. The second kappa shape index (κ2) is 5.05. The van der Waals surface area contributed by atoms with Crippen molar-refractivity contribution in [2.75, 3.05) is 26.2 Å². The van der Waals surface area contributed by atoms with E-state index in [1.165, 1.54) is 4.90 Å². The molecule has 2 aliphatic rings. The molecule has 7 heteroatoms. The van der Waals surface area contributed by atoms with Gasteiger partial charge in [0.25, 0.3) is 0 Å². The molecule has 2 heterocycles. The zero-order valence-electron chi connectivity index (χ0n) is 9.99. The van der Waals surface area contributed by atoms with Crippen LogP contribution in [0.2, 0.25) is 0 Å². The van der Waals surface area contributed by atoms with Crippen molar-refractivity contribution in [1.82, 2.24) is 9.80 Å². The first-order chi connectivity index (χ1) is 8.37. The van der Waals surface area contributed by atoms with E-state index in [0.717, 1.165) is 6.54 Å². The fourth-order valence-electron chi connectivity index (χ4n) is 2.77. The molecule has 0 radical (unpaired) electrons. The van der Waals surface area contributed by atoms with E-state index < -0.39 is 24.7 Å². The fraction of sp³-hybridized carbons (Fsp3) is 0.909. The topological polar surface area (TPSA) is 43.8 Å². The summed E-state index contributed by atoms with van der Waals surface area (Å²) in [6, 6.07) is -0.298. The standard InChI is InChI=1S/C11H17F3N2O2/c12-11(13,14)7-15-4-1-8(2-5-15)16-6-3-9(16)10(17)18/h8-9H,1-7H2,(H,17,18). The first kappa shape index (κ1) is 13.6. The number of likely N-dealkylation sites (tertiary alicyclic amines) is 2. The first-order valence-corrected chi connectivity index (χ1v) is 6.14. The SMILES string of the molecule is O=C(O)C1CCN1C1CCN(CC(F)(F)F)CC1. The highest BCUT2D eigenvalue weighted by Gasteiger charge is 2.40. The number of piperidine rings is 1. The number of hydrogen-bond acceptors (Lipinski definition) is 3. The number of aliphatic carboxylic acids is 1. The van der Waals surface area contributed by atoms with E-state index in [2.05, 4.69) is 0 Å². The molecular formula is C11H17F3N2O2. The zero-order chi connectivity index (χ0) is 13.3. The van der Waals surface area contributed by atoms with Crippen LogP contribution < -0.4 is 0 Å². The Morgan fingerprint density at radius 2 is 1.78 bits per heavy atom. The van der Waals surface area contributed by atoms with Crippen LogP contribution in [0.15, 0.2) is 0 Å². The van der Waals surface area contributed by atoms with Crippen LogP contribution in [0.1, 0.15) is 19.3 Å². The van der Waals surface area contributed by atoms with Gasteiger partial charge in [-0.15, -0.1) is 0 Å². The third-order valence-corrected chi connectivity index (χ3v) is 3.78. The average molecular weight is 266 g/mol. The first-order valence-electron chi connectivity index (χ1n) is 6.14. The lowest BCUT2D eigenvalue weighted by molar-refractivity contribution is -0.155. The molecule has 2 saturated heterocycles. The predicted molar refractivity (Wildman–Crippen MR) is 58.3 cm³/mol. The van der Waals surface area contributed by atoms with Crippen LogP contribution in [-0.2, 0) is 4.79 Å². The summed E-state index contributed by atoms with van der Waals surface area (Å²) in [6.45, 7) is 0.684. The summed E-state index contributed by atoms with van der Waals surface area (Å²) in [4.78, 5) is 14.2. The summed E-state index contributed by atoms with van der Waals surface area (Å²) in [5, 5.41) is 8.94. The molecule has 2 fully saturated rings. The van der Waals surface area contributed by atoms with Crippen molar-refractivity contribution in [2.24, 2.45) is 0 Å². The second-order valence-corrected chi connectivity index (χ2v) is 5.00. The van der Waals surface area contributed by atoms with Crippen LogP contribution in [-0.4, -0.2) is 65.3 Å². The van der Waals surface area contributed by atoms with Gasteiger partial charge in [-0.2, -0.15) is 13.2 Å². The van der Waals surface area contributed by atoms with Gasteiger partial charge in [-0.25, -0.2) is 0 Å². The Kier molecular flexibility index (Phi) is 3.82. The molecule has 2 aliphatic heterocycles. The van der Waals surface area contributed by atoms with E-state index >= 15 is 0 Å². The van der Waals surface area contributed by atoms with Crippen molar-refractivity contribution in [3.8, 4) is 0 Å². The molecule has 4 nitrogen and oxygen atoms in total. The molecule has 18 heavy (non-hydrogen) atoms. The molecule has 0 amide bonds. The highest BCUT2D eigenvalue weighted by Crippen LogP contribution is 2.28. The molecule has 0 aromatic carbocycles. The Labute approximate surface area is 103 Å². The van der Waals surface area contributed by atoms with Crippen molar-refractivity contribution in [3.63, 3.8) is 0 Å². The van der Waals surface area contributed by atoms with Crippen LogP contribution in [0, 0.1) is 0 Å². The summed E-state index contributed by atoms with van der Waals surface area (Å²) in [7, 11) is 0. The van der Waals surface area contributed by atoms with Crippen molar-refractivity contribution in [3.05, 3.63) is 0 Å². The summed E-state index contributed by atoms with van der Waals surface area (Å²) in [6.07, 6.45) is -2.25. The minimum absolute atomic E-state index is 0.129. The van der Waals surface area contributed by atoms with E-state index in [0.29, 0.717) is 32.4 Å². The van der Waals surface area contributed by atoms with E-state index in [-0.39, 0.29) is 6.04 Å². The minimum atomic E-state index is -4.15. The Hall–Kier alpha value is -0.820. The Bertz CT molecular complexity index is 314. The second-order valence-electron chi connectivity index (χ2n) is 5.00. The number of nitrogens with zero attached hydrogens (tertiary/aromatic N) is 2. The van der Waals surface area contributed by atoms with Gasteiger partial charge in [0.05, 0.1) is 6.54 Å². The van der Waals surface area contributed by atoms with Crippen molar-refractivity contribution < 1.29 is 23.1 Å². The van der Waals surface area contributed by atoms with Crippen molar-refractivity contribution >= 4 is 5.97 Å². The Morgan fingerprint density at radius 3 is 2.17 bits per heavy atom. The summed E-state index contributed by atoms with van der Waals surface area (Å²) in [5.74, 6) is -0.820. The molecular weight excluding hydrogens is 249 g/mol. The molecule has 0 aromatic heterocycles. The molecule has 0 spiro atoms. The lowest BCUT2D eigenvalue weighted by atomic mass is 9.94. The number of carboxylic acid groups (broad SMARTS) is 1. The van der Waals surface area contributed by atoms with Crippen LogP contribution in [0.5, 0.6) is 0 Å². The number of alkyl halides is 3. The van der Waals surface area contributed by atoms with Gasteiger partial charge in [0.2, 0.25) is 0 Å². The maximum absolute atomic E-state index is 12.2. The number of carboxylic acids is 1. The molecule has 1 N–H and O–H groups in total. The average Bonchev–Trinajstić information content (AvgIpc) is 2.16. The van der Waals surface area contributed by atoms with Gasteiger partial charge >= 0.3 is 12.1 Å². The molecule has 1 atom stereocenters. The van der Waals surface area contributed by atoms with Crippen LogP contribution in [0.4, 0.5) is 13.2 Å². The van der Waals surface area contributed by atoms with Gasteiger partial charge in [0, 0.05) is 12.6 Å². The van der Waals surface area contributed by atoms with Crippen molar-refractivity contribution in [2.45, 2.75) is 37.5 Å². The van der Waals surface area contributed by atoms with Gasteiger partial charge in [-0.3, -0.25) is 14.6 Å². The number of rotatable bonds is 3. The summed E-state index contributed by atoms with van der Waals surface area (Å²) < 4.78 is 36.6. The zero-order valence-corrected chi connectivity index (χ0v) is 9.99. The molecule has 1 unspecified atom stereocenters. The van der Waals surface area contributed by atoms with E-state index in [1.54, 1.807) is 0 Å². The van der Waals surface area contributed by atoms with Crippen LogP contribution >= 0.6 is 0 Å². The van der Waals surface area contributed by atoms with E-state index in [9.17, 15) is 18.0 Å². The maximum atomic E-state index is 12.2. The smallest absolute Gasteiger partial charge is 0.401 e. The molecule has 0 aliphatic carbocycles. The van der Waals surface area contributed by atoms with Crippen LogP contribution in [0.25, 0.3) is 0 Å². The highest BCUT2D eigenvalue weighted by atomic mass is 19.4. The fourth-order valence-corrected chi connectivity index (χ4v) is 2.77. The number of carbonyl (C=O) groups is 1. The van der Waals surface area contributed by atoms with Gasteiger partial charge in [0.1, 0.15) is 6.04 Å². The Balaban J connectivity index is 1.79. The largest absolute Gasteiger partial charge is 0.480 e. The van der Waals surface area contributed by atoms with Gasteiger partial charge in [-0.05, 0) is 32.4 Å². The molecule has 2 rings (SSSR count). The molecule has 0 saturated carbocycles. The van der Waals surface area contributed by atoms with E-state index in [4.69, 9.17) is 5.11 Å². The molecule has 104 valence electrons. The van der Waals surface area contributed by atoms with Crippen LogP contribution in [0.3, 0.4) is 0 Å². The minimum Gasteiger partial charge on any atom is -0.480 e. The van der Waals surface area contributed by atoms with Gasteiger partial charge in [-0.1, -0.05) is 0 Å². The quantitative estimate of drug-likeness (QED) is 0.833. The predicted octanol–water partition coefficient (Wildman–Crippen LogP) is 1.17. The third kappa shape index (κ3) is 3.14. The monoisotopic (exact) mass is 266 g/mol. The third-order valence-electron chi connectivity index (χ3n) is 3.78. The van der Waals surface area contributed by atoms with Gasteiger partial charge < -0.3 is 5.11 Å². The highest BCUT2D eigenvalue weighted by molar-refractivity contribution is 5.74. The summed E-state index contributed by atoms with van der Waals surface area (Å²) >= 11 is 0. The number of hydrogen-bond donors (Lipinski definition) is 1. The Morgan fingerprint density at radius 1 is 1.17 bits per heavy atom. The molecule has 0 bridgehead atoms.